The van der Waals surface area contributed by atoms with E-state index < -0.39 is 28.9 Å². The summed E-state index contributed by atoms with van der Waals surface area (Å²) in [7, 11) is 0. The molecule has 1 saturated carbocycles. The molecular weight excluding hydrogens is 838 g/mol. The second kappa shape index (κ2) is 20.1. The number of carbonyl (C=O) groups is 3. The molecule has 2 aromatic heterocycles. The maximum Gasteiger partial charge on any atom is 0.254 e. The van der Waals surface area contributed by atoms with Crippen molar-refractivity contribution in [2.24, 2.45) is 16.7 Å². The van der Waals surface area contributed by atoms with Crippen molar-refractivity contribution in [2.45, 2.75) is 91.1 Å². The van der Waals surface area contributed by atoms with Crippen LogP contribution in [0.4, 0.5) is 5.82 Å². The molecule has 0 unspecified atom stereocenters. The zero-order valence-corrected chi connectivity index (χ0v) is 37.9. The summed E-state index contributed by atoms with van der Waals surface area (Å²) in [5, 5.41) is 45.9. The molecule has 0 spiro atoms. The van der Waals surface area contributed by atoms with Crippen LogP contribution < -0.4 is 30.7 Å². The van der Waals surface area contributed by atoms with Gasteiger partial charge in [-0.2, -0.15) is 10.5 Å². The van der Waals surface area contributed by atoms with E-state index in [9.17, 15) is 24.8 Å². The number of nitriles is 2. The zero-order chi connectivity index (χ0) is 46.3. The Morgan fingerprint density at radius 2 is 1.72 bits per heavy atom. The Labute approximate surface area is 378 Å². The Morgan fingerprint density at radius 3 is 2.36 bits per heavy atom. The molecule has 2 aliphatic rings. The molecule has 1 aliphatic carbocycles. The van der Waals surface area contributed by atoms with Crippen molar-refractivity contribution in [1.29, 1.82) is 10.5 Å². The van der Waals surface area contributed by atoms with Crippen LogP contribution in [-0.2, 0) is 9.59 Å². The summed E-state index contributed by atoms with van der Waals surface area (Å²) >= 11 is 6.23. The van der Waals surface area contributed by atoms with Crippen LogP contribution in [0.3, 0.4) is 0 Å². The van der Waals surface area contributed by atoms with Crippen molar-refractivity contribution in [2.75, 3.05) is 38.1 Å². The van der Waals surface area contributed by atoms with Crippen LogP contribution in [0, 0.1) is 39.4 Å². The molecule has 3 amide bonds. The van der Waals surface area contributed by atoms with Gasteiger partial charge in [0, 0.05) is 67.8 Å². The van der Waals surface area contributed by atoms with Gasteiger partial charge in [0.2, 0.25) is 11.8 Å². The number of aliphatic hydroxyl groups is 1. The number of aromatic nitrogens is 2. The Morgan fingerprint density at radius 1 is 0.984 bits per heavy atom. The number of hydrogen-bond donors (Lipinski definition) is 5. The molecular formula is C47H56ClN9O7. The number of nitrogens with zero attached hydrogens (tertiary/aromatic N) is 5. The lowest BCUT2D eigenvalue weighted by atomic mass is 9.49. The molecule has 16 nitrogen and oxygen atoms in total. The molecule has 3 heterocycles. The van der Waals surface area contributed by atoms with E-state index in [1.54, 1.807) is 66.9 Å². The van der Waals surface area contributed by atoms with Gasteiger partial charge in [0.1, 0.15) is 42.3 Å². The number of amides is 3. The highest BCUT2D eigenvalue weighted by Crippen LogP contribution is 2.55. The van der Waals surface area contributed by atoms with E-state index in [1.165, 1.54) is 4.90 Å². The second-order valence-corrected chi connectivity index (χ2v) is 18.3. The Bertz CT molecular complexity index is 2360. The fourth-order valence-corrected chi connectivity index (χ4v) is 9.23. The number of rotatable bonds is 18. The third-order valence-electron chi connectivity index (χ3n) is 12.1. The number of likely N-dealkylation sites (tertiary alicyclic amines) is 1. The largest absolute Gasteiger partial charge is 0.489 e. The van der Waals surface area contributed by atoms with E-state index in [1.807, 2.05) is 48.5 Å². The fourth-order valence-electron chi connectivity index (χ4n) is 9.02. The molecule has 17 heteroatoms. The number of nitrogens with one attached hydrogen (secondary N) is 4. The lowest BCUT2D eigenvalue weighted by Gasteiger charge is -2.63. The fraction of sp³-hybridized carbons (Fsp3) is 0.468. The van der Waals surface area contributed by atoms with Gasteiger partial charge in [0.25, 0.3) is 11.8 Å². The first kappa shape index (κ1) is 47.3. The first-order valence-corrected chi connectivity index (χ1v) is 21.8. The van der Waals surface area contributed by atoms with E-state index in [4.69, 9.17) is 30.9 Å². The SMILES string of the molecule is CC(C)[C@H](C(=O)N1C[C@H](O)C[C@H]1C(=O)N[C@@H](C)c1ccc(C#N)cc1)c1cc(OCCNCCNc2ccc(C(=O)N[C@H]3C(C)(C)[C@H](Oc4ccc(C#N)c(Cl)c4)C3(C)C)cn2)no1. The molecule has 1 aliphatic heterocycles. The summed E-state index contributed by atoms with van der Waals surface area (Å²) < 4.78 is 17.7. The van der Waals surface area contributed by atoms with Crippen molar-refractivity contribution >= 4 is 35.1 Å². The quantitative estimate of drug-likeness (QED) is 0.0753. The van der Waals surface area contributed by atoms with Crippen LogP contribution in [0.1, 0.15) is 99.7 Å². The van der Waals surface area contributed by atoms with Gasteiger partial charge in [-0.05, 0) is 60.0 Å². The standard InChI is InChI=1S/C47H56ClN9O7/c1-27(2)40(43(61)57-26-33(58)20-36(57)42(60)54-28(3)30-10-8-29(23-49)9-11-30)37-22-39(56-64-37)62-19-18-51-16-17-52-38-15-13-32(25-53-38)41(59)55-44-46(4,5)45(47(44,6)7)63-34-14-12-31(24-50)35(48)21-34/h8-15,21-22,25,27-28,33,36,40,44-45,51,58H,16-20,26H2,1-7H3,(H,52,53)(H,54,60)(H,55,59)/t28-,33+,36-,40-,44-,45-/m0/s1. The van der Waals surface area contributed by atoms with Crippen LogP contribution in [0.2, 0.25) is 5.02 Å². The average Bonchev–Trinajstić information content (AvgIpc) is 3.90. The molecule has 64 heavy (non-hydrogen) atoms. The van der Waals surface area contributed by atoms with Crippen LogP contribution in [0.5, 0.6) is 11.6 Å². The Kier molecular flexibility index (Phi) is 14.9. The van der Waals surface area contributed by atoms with Crippen molar-refractivity contribution < 1.29 is 33.5 Å². The van der Waals surface area contributed by atoms with Crippen molar-refractivity contribution in [3.8, 4) is 23.8 Å². The smallest absolute Gasteiger partial charge is 0.254 e. The van der Waals surface area contributed by atoms with Gasteiger partial charge >= 0.3 is 0 Å². The highest BCUT2D eigenvalue weighted by Gasteiger charge is 2.64. The summed E-state index contributed by atoms with van der Waals surface area (Å²) in [6.07, 6.45) is 0.568. The number of aliphatic hydroxyl groups excluding tert-OH is 1. The summed E-state index contributed by atoms with van der Waals surface area (Å²) in [4.78, 5) is 46.6. The molecule has 0 bridgehead atoms. The van der Waals surface area contributed by atoms with Crippen LogP contribution in [-0.4, -0.2) is 94.9 Å². The first-order chi connectivity index (χ1) is 30.4. The van der Waals surface area contributed by atoms with E-state index >= 15 is 0 Å². The van der Waals surface area contributed by atoms with Gasteiger partial charge in [0.05, 0.1) is 39.9 Å². The number of anilines is 1. The highest BCUT2D eigenvalue weighted by molar-refractivity contribution is 6.31. The van der Waals surface area contributed by atoms with E-state index in [0.29, 0.717) is 58.7 Å². The molecule has 1 saturated heterocycles. The third-order valence-corrected chi connectivity index (χ3v) is 12.4. The predicted octanol–water partition coefficient (Wildman–Crippen LogP) is 5.74. The highest BCUT2D eigenvalue weighted by atomic mass is 35.5. The van der Waals surface area contributed by atoms with Crippen molar-refractivity contribution in [1.82, 2.24) is 31.0 Å². The van der Waals surface area contributed by atoms with Gasteiger partial charge in [-0.15, -0.1) is 0 Å². The van der Waals surface area contributed by atoms with Crippen LogP contribution >= 0.6 is 11.6 Å². The normalized spacial score (nSPS) is 20.5. The van der Waals surface area contributed by atoms with E-state index in [0.717, 1.165) is 5.56 Å². The monoisotopic (exact) mass is 893 g/mol. The minimum Gasteiger partial charge on any atom is -0.489 e. The lowest BCUT2D eigenvalue weighted by molar-refractivity contribution is -0.164. The van der Waals surface area contributed by atoms with Crippen molar-refractivity contribution in [3.63, 3.8) is 0 Å². The molecule has 0 radical (unpaired) electrons. The topological polar surface area (TPSA) is 228 Å². The maximum atomic E-state index is 14.0. The van der Waals surface area contributed by atoms with E-state index in [2.05, 4.69) is 43.5 Å². The number of carbonyl (C=O) groups excluding carboxylic acids is 3. The Balaban J connectivity index is 0.915. The van der Waals surface area contributed by atoms with Gasteiger partial charge in [-0.25, -0.2) is 4.98 Å². The van der Waals surface area contributed by atoms with Gasteiger partial charge in [-0.1, -0.05) is 65.3 Å². The summed E-state index contributed by atoms with van der Waals surface area (Å²) in [5.41, 5.74) is 1.33. The molecule has 338 valence electrons. The number of pyridine rings is 1. The number of β-amino-alcohol motifs (C(OH)–C–C–N with tert-alkyl or cyclic N) is 1. The van der Waals surface area contributed by atoms with Crippen LogP contribution in [0.25, 0.3) is 0 Å². The van der Waals surface area contributed by atoms with Gasteiger partial charge in [0.15, 0.2) is 5.76 Å². The molecule has 5 N–H and O–H groups in total. The minimum absolute atomic E-state index is 0.0118. The number of halogens is 1. The molecule has 4 aromatic rings. The van der Waals surface area contributed by atoms with Crippen molar-refractivity contribution in [3.05, 3.63) is 99.9 Å². The first-order valence-electron chi connectivity index (χ1n) is 21.4. The van der Waals surface area contributed by atoms with E-state index in [-0.39, 0.29) is 67.3 Å². The van der Waals surface area contributed by atoms with Crippen LogP contribution in [0.15, 0.2) is 71.4 Å². The van der Waals surface area contributed by atoms with Gasteiger partial charge < -0.3 is 45.3 Å². The molecule has 2 aromatic carbocycles. The number of ether oxygens (including phenoxy) is 2. The molecule has 6 rings (SSSR count). The summed E-state index contributed by atoms with van der Waals surface area (Å²) in [6, 6.07) is 19.7. The van der Waals surface area contributed by atoms with Gasteiger partial charge in [-0.3, -0.25) is 14.4 Å². The Hall–Kier alpha value is -6.20. The molecule has 4 atom stereocenters. The predicted molar refractivity (Wildman–Crippen MR) is 238 cm³/mol. The minimum atomic E-state index is -0.872. The lowest BCUT2D eigenvalue weighted by Crippen LogP contribution is -2.74. The molecule has 2 fully saturated rings. The average molecular weight is 894 g/mol. The maximum absolute atomic E-state index is 14.0. The summed E-state index contributed by atoms with van der Waals surface area (Å²) in [5.74, 6) is -0.230. The number of benzene rings is 2. The number of hydrogen-bond acceptors (Lipinski definition) is 13. The second-order valence-electron chi connectivity index (χ2n) is 17.9. The summed E-state index contributed by atoms with van der Waals surface area (Å²) in [6.45, 7) is 15.7. The third kappa shape index (κ3) is 10.6. The zero-order valence-electron chi connectivity index (χ0n) is 37.1.